The Morgan fingerprint density at radius 1 is 1.19 bits per heavy atom. The predicted molar refractivity (Wildman–Crippen MR) is 117 cm³/mol. The molecule has 4 nitrogen and oxygen atoms in total. The summed E-state index contributed by atoms with van der Waals surface area (Å²) in [7, 11) is 0. The monoisotopic (exact) mass is 490 g/mol. The lowest BCUT2D eigenvalue weighted by molar-refractivity contribution is -0.114. The van der Waals surface area contributed by atoms with Crippen LogP contribution in [-0.4, -0.2) is 18.2 Å². The number of carbonyl (C=O) groups excluding carboxylic acids is 1. The molecule has 0 aromatic heterocycles. The first-order valence-corrected chi connectivity index (χ1v) is 10.2. The zero-order chi connectivity index (χ0) is 19.6. The van der Waals surface area contributed by atoms with Crippen molar-refractivity contribution >= 4 is 55.2 Å². The largest absolute Gasteiger partial charge is 0.492 e. The van der Waals surface area contributed by atoms with E-state index in [1.54, 1.807) is 0 Å². The first-order valence-electron chi connectivity index (χ1n) is 8.65. The van der Waals surface area contributed by atoms with Gasteiger partial charge in [-0.3, -0.25) is 4.79 Å². The molecule has 0 aliphatic carbocycles. The first-order chi connectivity index (χ1) is 12.9. The van der Waals surface area contributed by atoms with E-state index in [1.165, 1.54) is 5.01 Å². The smallest absolute Gasteiger partial charge is 0.280 e. The third kappa shape index (κ3) is 4.50. The summed E-state index contributed by atoms with van der Waals surface area (Å²) >= 11 is 7.08. The van der Waals surface area contributed by atoms with Crippen molar-refractivity contribution in [2.45, 2.75) is 20.8 Å². The second kappa shape index (κ2) is 8.40. The lowest BCUT2D eigenvalue weighted by atomic mass is 10.1. The molecule has 0 atom stereocenters. The zero-order valence-electron chi connectivity index (χ0n) is 15.4. The molecule has 0 saturated heterocycles. The van der Waals surface area contributed by atoms with Crippen molar-refractivity contribution in [2.24, 2.45) is 11.0 Å². The van der Waals surface area contributed by atoms with Crippen molar-refractivity contribution in [3.8, 4) is 5.75 Å². The molecule has 27 heavy (non-hydrogen) atoms. The van der Waals surface area contributed by atoms with E-state index in [0.29, 0.717) is 23.8 Å². The van der Waals surface area contributed by atoms with E-state index in [2.05, 4.69) is 50.8 Å². The van der Waals surface area contributed by atoms with Crippen LogP contribution in [0.25, 0.3) is 6.08 Å². The lowest BCUT2D eigenvalue weighted by Gasteiger charge is -2.14. The highest BCUT2D eigenvalue weighted by atomic mass is 79.9. The second-order valence-corrected chi connectivity index (χ2v) is 8.48. The maximum Gasteiger partial charge on any atom is 0.280 e. The minimum absolute atomic E-state index is 0.149. The van der Waals surface area contributed by atoms with Crippen LogP contribution in [0.5, 0.6) is 5.75 Å². The number of amides is 1. The summed E-state index contributed by atoms with van der Waals surface area (Å²) in [5.41, 5.74) is 2.80. The Morgan fingerprint density at radius 2 is 1.89 bits per heavy atom. The van der Waals surface area contributed by atoms with Gasteiger partial charge < -0.3 is 4.74 Å². The average Bonchev–Trinajstić information content (AvgIpc) is 2.89. The number of ether oxygens (including phenoxy) is 1. The summed E-state index contributed by atoms with van der Waals surface area (Å²) < 4.78 is 7.74. The summed E-state index contributed by atoms with van der Waals surface area (Å²) in [6.45, 7) is 6.63. The van der Waals surface area contributed by atoms with Crippen LogP contribution >= 0.6 is 31.9 Å². The van der Waals surface area contributed by atoms with Gasteiger partial charge in [-0.05, 0) is 59.1 Å². The summed E-state index contributed by atoms with van der Waals surface area (Å²) in [5.74, 6) is 0.966. The highest BCUT2D eigenvalue weighted by molar-refractivity contribution is 9.11. The molecule has 140 valence electrons. The number of hydrazone groups is 1. The van der Waals surface area contributed by atoms with Gasteiger partial charge in [0.15, 0.2) is 0 Å². The topological polar surface area (TPSA) is 41.9 Å². The summed E-state index contributed by atoms with van der Waals surface area (Å²) in [6, 6.07) is 13.3. The van der Waals surface area contributed by atoms with Gasteiger partial charge in [-0.2, -0.15) is 10.1 Å². The molecule has 0 unspecified atom stereocenters. The molecule has 0 N–H and O–H groups in total. The average molecular weight is 492 g/mol. The minimum atomic E-state index is -0.149. The number of para-hydroxylation sites is 1. The number of halogens is 2. The number of hydrogen-bond acceptors (Lipinski definition) is 3. The molecule has 0 spiro atoms. The molecule has 2 aromatic rings. The molecule has 6 heteroatoms. The minimum Gasteiger partial charge on any atom is -0.492 e. The van der Waals surface area contributed by atoms with Crippen molar-refractivity contribution in [3.63, 3.8) is 0 Å². The number of hydrogen-bond donors (Lipinski definition) is 0. The van der Waals surface area contributed by atoms with Crippen LogP contribution in [0.3, 0.4) is 0 Å². The van der Waals surface area contributed by atoms with E-state index >= 15 is 0 Å². The molecule has 0 radical (unpaired) electrons. The van der Waals surface area contributed by atoms with Gasteiger partial charge in [0.2, 0.25) is 0 Å². The van der Waals surface area contributed by atoms with Crippen LogP contribution in [0.4, 0.5) is 5.69 Å². The molecule has 0 saturated carbocycles. The van der Waals surface area contributed by atoms with Gasteiger partial charge in [-0.25, -0.2) is 0 Å². The number of carbonyl (C=O) groups is 1. The fraction of sp³-hybridized carbons (Fsp3) is 0.238. The van der Waals surface area contributed by atoms with E-state index < -0.39 is 0 Å². The van der Waals surface area contributed by atoms with Gasteiger partial charge in [0.1, 0.15) is 5.75 Å². The molecular weight excluding hydrogens is 472 g/mol. The Labute approximate surface area is 176 Å². The van der Waals surface area contributed by atoms with E-state index in [-0.39, 0.29) is 5.91 Å². The van der Waals surface area contributed by atoms with Crippen LogP contribution in [0.2, 0.25) is 0 Å². The van der Waals surface area contributed by atoms with Crippen molar-refractivity contribution in [1.29, 1.82) is 0 Å². The second-order valence-electron chi connectivity index (χ2n) is 6.71. The maximum absolute atomic E-state index is 12.9. The molecular formula is C21H20Br2N2O2. The summed E-state index contributed by atoms with van der Waals surface area (Å²) in [5, 5.41) is 5.87. The fourth-order valence-electron chi connectivity index (χ4n) is 2.67. The molecule has 3 rings (SSSR count). The zero-order valence-corrected chi connectivity index (χ0v) is 18.5. The van der Waals surface area contributed by atoms with Gasteiger partial charge >= 0.3 is 0 Å². The molecule has 0 fully saturated rings. The molecule has 1 aliphatic heterocycles. The number of rotatable bonds is 5. The molecule has 1 aliphatic rings. The van der Waals surface area contributed by atoms with E-state index in [9.17, 15) is 4.79 Å². The van der Waals surface area contributed by atoms with Crippen LogP contribution in [0.1, 0.15) is 26.3 Å². The first kappa shape index (κ1) is 19.8. The fourth-order valence-corrected chi connectivity index (χ4v) is 4.05. The van der Waals surface area contributed by atoms with Crippen molar-refractivity contribution < 1.29 is 9.53 Å². The Kier molecular flexibility index (Phi) is 6.17. The van der Waals surface area contributed by atoms with E-state index in [1.807, 2.05) is 55.5 Å². The van der Waals surface area contributed by atoms with Crippen LogP contribution in [0.15, 0.2) is 62.1 Å². The Hall–Kier alpha value is -1.92. The van der Waals surface area contributed by atoms with Gasteiger partial charge in [-0.1, -0.05) is 48.0 Å². The third-order valence-corrected chi connectivity index (χ3v) is 5.01. The Bertz CT molecular complexity index is 921. The van der Waals surface area contributed by atoms with Crippen LogP contribution in [0, 0.1) is 5.92 Å². The van der Waals surface area contributed by atoms with E-state index in [4.69, 9.17) is 4.74 Å². The Balaban J connectivity index is 1.99. The lowest BCUT2D eigenvalue weighted by Crippen LogP contribution is -2.21. The third-order valence-electron chi connectivity index (χ3n) is 3.96. The van der Waals surface area contributed by atoms with Crippen molar-refractivity contribution in [1.82, 2.24) is 0 Å². The van der Waals surface area contributed by atoms with Gasteiger partial charge in [0, 0.05) is 10.0 Å². The highest BCUT2D eigenvalue weighted by Gasteiger charge is 2.29. The standard InChI is InChI=1S/C21H20Br2N2O2/c1-13(2)12-27-20-15(9-16(22)11-19(20)23)10-18-14(3)24-25(21(18)26)17-7-5-4-6-8-17/h4-11,13H,12H2,1-3H3/b18-10+. The number of benzene rings is 2. The number of anilines is 1. The van der Waals surface area contributed by atoms with Crippen LogP contribution < -0.4 is 9.75 Å². The van der Waals surface area contributed by atoms with Gasteiger partial charge in [0.05, 0.1) is 28.1 Å². The van der Waals surface area contributed by atoms with Crippen molar-refractivity contribution in [2.75, 3.05) is 11.6 Å². The summed E-state index contributed by atoms with van der Waals surface area (Å²) in [6.07, 6.45) is 1.84. The normalized spacial score (nSPS) is 15.6. The number of nitrogens with zero attached hydrogens (tertiary/aromatic N) is 2. The van der Waals surface area contributed by atoms with Crippen molar-refractivity contribution in [3.05, 3.63) is 62.5 Å². The van der Waals surface area contributed by atoms with Gasteiger partial charge in [0.25, 0.3) is 5.91 Å². The Morgan fingerprint density at radius 3 is 2.56 bits per heavy atom. The highest BCUT2D eigenvalue weighted by Crippen LogP contribution is 2.36. The van der Waals surface area contributed by atoms with Crippen LogP contribution in [-0.2, 0) is 4.79 Å². The van der Waals surface area contributed by atoms with E-state index in [0.717, 1.165) is 25.9 Å². The molecule has 2 aromatic carbocycles. The molecule has 1 amide bonds. The maximum atomic E-state index is 12.9. The van der Waals surface area contributed by atoms with Gasteiger partial charge in [-0.15, -0.1) is 0 Å². The summed E-state index contributed by atoms with van der Waals surface area (Å²) in [4.78, 5) is 12.9. The molecule has 0 bridgehead atoms. The molecule has 1 heterocycles. The quantitative estimate of drug-likeness (QED) is 0.477. The SMILES string of the molecule is CC1=NN(c2ccccc2)C(=O)/C1=C/c1cc(Br)cc(Br)c1OCC(C)C. The predicted octanol–water partition coefficient (Wildman–Crippen LogP) is 6.05.